The van der Waals surface area contributed by atoms with Gasteiger partial charge in [0.2, 0.25) is 5.95 Å². The highest BCUT2D eigenvalue weighted by Crippen LogP contribution is 2.25. The van der Waals surface area contributed by atoms with E-state index in [1.165, 1.54) is 0 Å². The monoisotopic (exact) mass is 295 g/mol. The molecule has 5 N–H and O–H groups in total. The summed E-state index contributed by atoms with van der Waals surface area (Å²) in [4.78, 5) is 21.2. The molecule has 4 rings (SSSR count). The van der Waals surface area contributed by atoms with Crippen molar-refractivity contribution in [3.63, 3.8) is 0 Å². The zero-order chi connectivity index (χ0) is 15.1. The van der Waals surface area contributed by atoms with E-state index in [1.54, 1.807) is 24.4 Å². The van der Waals surface area contributed by atoms with E-state index in [0.717, 1.165) is 5.52 Å². The van der Waals surface area contributed by atoms with Gasteiger partial charge in [0.25, 0.3) is 5.56 Å². The lowest BCUT2D eigenvalue weighted by molar-refractivity contribution is 0.959. The lowest BCUT2D eigenvalue weighted by Crippen LogP contribution is -2.10. The molecule has 0 radical (unpaired) electrons. The summed E-state index contributed by atoms with van der Waals surface area (Å²) in [6.45, 7) is 0. The van der Waals surface area contributed by atoms with Crippen molar-refractivity contribution in [3.8, 4) is 0 Å². The number of hydrogen-bond donors (Lipinski definition) is 4. The van der Waals surface area contributed by atoms with Gasteiger partial charge in [0.05, 0.1) is 11.2 Å². The molecule has 3 aromatic heterocycles. The van der Waals surface area contributed by atoms with Crippen molar-refractivity contribution in [3.05, 3.63) is 34.7 Å². The first-order valence-corrected chi connectivity index (χ1v) is 6.30. The second-order valence-corrected chi connectivity index (χ2v) is 4.56. The molecule has 22 heavy (non-hydrogen) atoms. The summed E-state index contributed by atoms with van der Waals surface area (Å²) < 4.78 is 0. The maximum Gasteiger partial charge on any atom is 0.264 e. The van der Waals surface area contributed by atoms with Crippen LogP contribution < -0.4 is 11.3 Å². The minimum atomic E-state index is -0.371. The number of azo groups is 1. The molecule has 0 spiro atoms. The van der Waals surface area contributed by atoms with Gasteiger partial charge in [0.15, 0.2) is 0 Å². The Hall–Kier alpha value is -3.56. The van der Waals surface area contributed by atoms with Crippen LogP contribution in [0.15, 0.2) is 39.4 Å². The van der Waals surface area contributed by atoms with Crippen molar-refractivity contribution < 1.29 is 0 Å². The zero-order valence-corrected chi connectivity index (χ0v) is 11.0. The molecule has 0 fully saturated rings. The Kier molecular flexibility index (Phi) is 2.48. The quantitative estimate of drug-likeness (QED) is 0.413. The summed E-state index contributed by atoms with van der Waals surface area (Å²) in [6, 6.07) is 5.30. The van der Waals surface area contributed by atoms with Crippen LogP contribution in [0.25, 0.3) is 22.1 Å². The molecule has 4 aromatic rings. The SMILES string of the molecule is Nc1nc2[nH]cc(/N=N/c3ccc4[nH]nnc4c3)c2c(=O)[nH]1. The fourth-order valence-electron chi connectivity index (χ4n) is 2.12. The molecule has 10 heteroatoms. The lowest BCUT2D eigenvalue weighted by atomic mass is 10.3. The van der Waals surface area contributed by atoms with Crippen molar-refractivity contribution >= 4 is 39.4 Å². The number of nitrogens with zero attached hydrogens (tertiary/aromatic N) is 5. The third kappa shape index (κ3) is 1.90. The molecule has 0 unspecified atom stereocenters. The summed E-state index contributed by atoms with van der Waals surface area (Å²) in [6.07, 6.45) is 1.55. The van der Waals surface area contributed by atoms with Crippen LogP contribution in [0.4, 0.5) is 17.3 Å². The first-order valence-electron chi connectivity index (χ1n) is 6.30. The summed E-state index contributed by atoms with van der Waals surface area (Å²) >= 11 is 0. The van der Waals surface area contributed by atoms with Crippen LogP contribution in [-0.4, -0.2) is 30.4 Å². The average Bonchev–Trinajstić information content (AvgIpc) is 3.10. The molecular formula is C12H9N9O. The Balaban J connectivity index is 1.78. The maximum absolute atomic E-state index is 11.9. The minimum Gasteiger partial charge on any atom is -0.369 e. The standard InChI is InChI=1S/C12H9N9O/c13-12-15-10-9(11(22)16-12)8(4-14-10)18-17-5-1-2-6-7(3-5)20-21-19-6/h1-4H,(H,19,20,21)(H4,13,14,15,16,22)/b18-17+. The Bertz CT molecular complexity index is 1070. The van der Waals surface area contributed by atoms with Crippen molar-refractivity contribution in [2.45, 2.75) is 0 Å². The molecule has 0 saturated carbocycles. The van der Waals surface area contributed by atoms with E-state index in [-0.39, 0.29) is 11.5 Å². The number of aromatic nitrogens is 6. The topological polar surface area (TPSA) is 154 Å². The molecule has 0 saturated heterocycles. The lowest BCUT2D eigenvalue weighted by Gasteiger charge is -1.93. The van der Waals surface area contributed by atoms with Gasteiger partial charge in [0.1, 0.15) is 22.2 Å². The predicted octanol–water partition coefficient (Wildman–Crippen LogP) is 1.52. The van der Waals surface area contributed by atoms with E-state index in [4.69, 9.17) is 5.73 Å². The fraction of sp³-hybridized carbons (Fsp3) is 0. The molecule has 1 aromatic carbocycles. The largest absolute Gasteiger partial charge is 0.369 e. The first kappa shape index (κ1) is 12.2. The average molecular weight is 295 g/mol. The minimum absolute atomic E-state index is 0.0410. The number of rotatable bonds is 2. The van der Waals surface area contributed by atoms with Crippen LogP contribution in [0.5, 0.6) is 0 Å². The number of nitrogen functional groups attached to an aromatic ring is 1. The third-order valence-corrected chi connectivity index (χ3v) is 3.12. The van der Waals surface area contributed by atoms with Crippen LogP contribution in [0.3, 0.4) is 0 Å². The zero-order valence-electron chi connectivity index (χ0n) is 11.0. The number of nitrogens with one attached hydrogen (secondary N) is 3. The second-order valence-electron chi connectivity index (χ2n) is 4.56. The highest BCUT2D eigenvalue weighted by Gasteiger charge is 2.09. The van der Waals surface area contributed by atoms with Crippen molar-refractivity contribution in [1.82, 2.24) is 30.4 Å². The molecule has 0 aliphatic carbocycles. The van der Waals surface area contributed by atoms with Crippen LogP contribution in [0.1, 0.15) is 0 Å². The molecule has 0 amide bonds. The Morgan fingerprint density at radius 1 is 1.23 bits per heavy atom. The van der Waals surface area contributed by atoms with Gasteiger partial charge in [0, 0.05) is 6.20 Å². The van der Waals surface area contributed by atoms with E-state index >= 15 is 0 Å². The number of hydrogen-bond acceptors (Lipinski definition) is 7. The number of H-pyrrole nitrogens is 3. The van der Waals surface area contributed by atoms with E-state index in [9.17, 15) is 4.79 Å². The number of nitrogens with two attached hydrogens (primary N) is 1. The van der Waals surface area contributed by atoms with Gasteiger partial charge in [-0.15, -0.1) is 10.2 Å². The van der Waals surface area contributed by atoms with Gasteiger partial charge in [-0.1, -0.05) is 5.21 Å². The molecule has 3 heterocycles. The van der Waals surface area contributed by atoms with Crippen molar-refractivity contribution in [2.24, 2.45) is 10.2 Å². The highest BCUT2D eigenvalue weighted by atomic mass is 16.1. The van der Waals surface area contributed by atoms with Gasteiger partial charge in [-0.05, 0) is 18.2 Å². The summed E-state index contributed by atoms with van der Waals surface area (Å²) in [5.41, 5.74) is 7.94. The van der Waals surface area contributed by atoms with Gasteiger partial charge < -0.3 is 10.7 Å². The van der Waals surface area contributed by atoms with E-state index in [0.29, 0.717) is 27.9 Å². The van der Waals surface area contributed by atoms with Gasteiger partial charge in [-0.25, -0.2) is 0 Å². The number of fused-ring (bicyclic) bond motifs is 2. The molecule has 108 valence electrons. The number of anilines is 1. The number of benzene rings is 1. The maximum atomic E-state index is 11.9. The van der Waals surface area contributed by atoms with E-state index in [1.807, 2.05) is 0 Å². The fourth-order valence-corrected chi connectivity index (χ4v) is 2.12. The molecule has 0 bridgehead atoms. The molecule has 10 nitrogen and oxygen atoms in total. The van der Waals surface area contributed by atoms with Gasteiger partial charge >= 0.3 is 0 Å². The smallest absolute Gasteiger partial charge is 0.264 e. The normalized spacial score (nSPS) is 11.8. The second kappa shape index (κ2) is 4.48. The first-order chi connectivity index (χ1) is 10.7. The van der Waals surface area contributed by atoms with Gasteiger partial charge in [-0.3, -0.25) is 14.9 Å². The predicted molar refractivity (Wildman–Crippen MR) is 79.2 cm³/mol. The molecular weight excluding hydrogens is 286 g/mol. The van der Waals surface area contributed by atoms with Crippen LogP contribution in [-0.2, 0) is 0 Å². The Morgan fingerprint density at radius 3 is 3.05 bits per heavy atom. The molecule has 0 aliphatic heterocycles. The van der Waals surface area contributed by atoms with Crippen LogP contribution in [0.2, 0.25) is 0 Å². The molecule has 0 atom stereocenters. The van der Waals surface area contributed by atoms with Crippen molar-refractivity contribution in [2.75, 3.05) is 5.73 Å². The number of aromatic amines is 3. The Labute approximate surface area is 121 Å². The summed E-state index contributed by atoms with van der Waals surface area (Å²) in [7, 11) is 0. The Morgan fingerprint density at radius 2 is 2.14 bits per heavy atom. The molecule has 0 aliphatic rings. The van der Waals surface area contributed by atoms with Crippen molar-refractivity contribution in [1.29, 1.82) is 0 Å². The van der Waals surface area contributed by atoms with Crippen LogP contribution in [0, 0.1) is 0 Å². The van der Waals surface area contributed by atoms with E-state index < -0.39 is 0 Å². The van der Waals surface area contributed by atoms with Gasteiger partial charge in [-0.2, -0.15) is 10.1 Å². The highest BCUT2D eigenvalue weighted by molar-refractivity contribution is 5.87. The van der Waals surface area contributed by atoms with E-state index in [2.05, 4.69) is 40.6 Å². The summed E-state index contributed by atoms with van der Waals surface area (Å²) in [5.74, 6) is 0.0410. The van der Waals surface area contributed by atoms with Crippen LogP contribution >= 0.6 is 0 Å². The third-order valence-electron chi connectivity index (χ3n) is 3.12. The summed E-state index contributed by atoms with van der Waals surface area (Å²) in [5, 5.41) is 18.8.